The van der Waals surface area contributed by atoms with E-state index in [1.165, 1.54) is 11.8 Å². The number of hydrogen-bond acceptors (Lipinski definition) is 3. The molecule has 0 spiro atoms. The Morgan fingerprint density at radius 1 is 1.03 bits per heavy atom. The molecule has 0 saturated carbocycles. The number of nitrogens with one attached hydrogen (secondary N) is 1. The molecule has 2 rings (SSSR count). The largest absolute Gasteiger partial charge is 0.354 e. The lowest BCUT2D eigenvalue weighted by Crippen LogP contribution is -2.48. The number of hydrogen-bond donors (Lipinski definition) is 1. The predicted molar refractivity (Wildman–Crippen MR) is 132 cm³/mol. The summed E-state index contributed by atoms with van der Waals surface area (Å²) in [6.45, 7) is 8.83. The summed E-state index contributed by atoms with van der Waals surface area (Å²) in [6.07, 6.45) is 0. The topological polar surface area (TPSA) is 49.4 Å². The van der Waals surface area contributed by atoms with E-state index in [0.29, 0.717) is 34.8 Å². The molecule has 168 valence electrons. The molecule has 0 aliphatic rings. The Morgan fingerprint density at radius 2 is 1.68 bits per heavy atom. The molecule has 0 fully saturated rings. The molecule has 0 saturated heterocycles. The monoisotopic (exact) mass is 480 g/mol. The smallest absolute Gasteiger partial charge is 0.242 e. The summed E-state index contributed by atoms with van der Waals surface area (Å²) in [5.41, 5.74) is 2.93. The van der Waals surface area contributed by atoms with Crippen LogP contribution in [0.3, 0.4) is 0 Å². The van der Waals surface area contributed by atoms with Crippen molar-refractivity contribution < 1.29 is 9.59 Å². The van der Waals surface area contributed by atoms with E-state index >= 15 is 0 Å². The van der Waals surface area contributed by atoms with Gasteiger partial charge in [0.2, 0.25) is 11.8 Å². The van der Waals surface area contributed by atoms with Crippen molar-refractivity contribution >= 4 is 46.8 Å². The van der Waals surface area contributed by atoms with Crippen molar-refractivity contribution in [3.8, 4) is 0 Å². The molecule has 2 aromatic carbocycles. The molecule has 0 radical (unpaired) electrons. The summed E-state index contributed by atoms with van der Waals surface area (Å²) < 4.78 is 0. The molecule has 1 atom stereocenters. The quantitative estimate of drug-likeness (QED) is 0.472. The van der Waals surface area contributed by atoms with Gasteiger partial charge in [0.1, 0.15) is 6.04 Å². The number of halogens is 2. The average molecular weight is 481 g/mol. The maximum Gasteiger partial charge on any atom is 0.242 e. The first-order valence-electron chi connectivity index (χ1n) is 10.3. The lowest BCUT2D eigenvalue weighted by Gasteiger charge is -2.29. The summed E-state index contributed by atoms with van der Waals surface area (Å²) in [7, 11) is 0. The Balaban J connectivity index is 2.11. The Kier molecular flexibility index (Phi) is 10.2. The van der Waals surface area contributed by atoms with E-state index in [1.54, 1.807) is 30.0 Å². The van der Waals surface area contributed by atoms with Gasteiger partial charge in [-0.3, -0.25) is 9.59 Å². The van der Waals surface area contributed by atoms with E-state index in [0.717, 1.165) is 16.7 Å². The molecule has 1 N–H and O–H groups in total. The van der Waals surface area contributed by atoms with Gasteiger partial charge in [0, 0.05) is 28.9 Å². The molecule has 31 heavy (non-hydrogen) atoms. The van der Waals surface area contributed by atoms with E-state index < -0.39 is 6.04 Å². The van der Waals surface area contributed by atoms with Crippen LogP contribution in [0.15, 0.2) is 42.5 Å². The van der Waals surface area contributed by atoms with Crippen molar-refractivity contribution in [3.63, 3.8) is 0 Å². The van der Waals surface area contributed by atoms with Gasteiger partial charge in [-0.2, -0.15) is 0 Å². The summed E-state index contributed by atoms with van der Waals surface area (Å²) in [5, 5.41) is 4.12. The van der Waals surface area contributed by atoms with Gasteiger partial charge >= 0.3 is 0 Å². The van der Waals surface area contributed by atoms with Crippen molar-refractivity contribution in [1.82, 2.24) is 10.2 Å². The van der Waals surface area contributed by atoms with Gasteiger partial charge in [-0.05, 0) is 48.6 Å². The highest BCUT2D eigenvalue weighted by Gasteiger charge is 2.26. The van der Waals surface area contributed by atoms with Gasteiger partial charge < -0.3 is 10.2 Å². The van der Waals surface area contributed by atoms with Gasteiger partial charge in [-0.25, -0.2) is 0 Å². The Labute approximate surface area is 199 Å². The second-order valence-electron chi connectivity index (χ2n) is 7.96. The van der Waals surface area contributed by atoms with Crippen LogP contribution in [0.25, 0.3) is 0 Å². The van der Waals surface area contributed by atoms with Crippen LogP contribution in [-0.4, -0.2) is 35.1 Å². The molecular formula is C24H30Cl2N2O2S. The van der Waals surface area contributed by atoms with Gasteiger partial charge in [-0.1, -0.05) is 67.4 Å². The lowest BCUT2D eigenvalue weighted by molar-refractivity contribution is -0.138. The third kappa shape index (κ3) is 7.74. The Hall–Kier alpha value is -1.69. The first-order valence-corrected chi connectivity index (χ1v) is 12.2. The van der Waals surface area contributed by atoms with Crippen LogP contribution in [0.2, 0.25) is 10.0 Å². The highest BCUT2D eigenvalue weighted by atomic mass is 35.5. The number of nitrogens with zero attached hydrogens (tertiary/aromatic N) is 1. The SMILES string of the molecule is Cc1ccccc1CN(C(=O)CSCc1c(Cl)cccc1Cl)C(C)C(=O)NCC(C)C. The minimum absolute atomic E-state index is 0.0939. The zero-order chi connectivity index (χ0) is 23.0. The first-order chi connectivity index (χ1) is 14.7. The predicted octanol–water partition coefficient (Wildman–Crippen LogP) is 5.72. The zero-order valence-corrected chi connectivity index (χ0v) is 20.8. The molecule has 0 heterocycles. The van der Waals surface area contributed by atoms with Crippen molar-refractivity contribution in [2.45, 2.75) is 46.0 Å². The fourth-order valence-electron chi connectivity index (χ4n) is 3.00. The maximum absolute atomic E-state index is 13.2. The number of thioether (sulfide) groups is 1. The fraction of sp³-hybridized carbons (Fsp3) is 0.417. The normalized spacial score (nSPS) is 12.0. The van der Waals surface area contributed by atoms with Crippen LogP contribution in [-0.2, 0) is 21.9 Å². The van der Waals surface area contributed by atoms with E-state index in [9.17, 15) is 9.59 Å². The maximum atomic E-state index is 13.2. The highest BCUT2D eigenvalue weighted by molar-refractivity contribution is 7.99. The summed E-state index contributed by atoms with van der Waals surface area (Å²) >= 11 is 13.9. The summed E-state index contributed by atoms with van der Waals surface area (Å²) in [6, 6.07) is 12.7. The molecule has 2 amide bonds. The number of aryl methyl sites for hydroxylation is 1. The first kappa shape index (κ1) is 25.6. The molecule has 7 heteroatoms. The molecule has 0 aliphatic carbocycles. The van der Waals surface area contributed by atoms with Crippen LogP contribution in [0.1, 0.15) is 37.5 Å². The van der Waals surface area contributed by atoms with Gasteiger partial charge in [0.05, 0.1) is 5.75 Å². The molecule has 4 nitrogen and oxygen atoms in total. The second kappa shape index (κ2) is 12.4. The van der Waals surface area contributed by atoms with Crippen LogP contribution >= 0.6 is 35.0 Å². The molecular weight excluding hydrogens is 451 g/mol. The lowest BCUT2D eigenvalue weighted by atomic mass is 10.1. The fourth-order valence-corrected chi connectivity index (χ4v) is 4.65. The van der Waals surface area contributed by atoms with Crippen LogP contribution in [0, 0.1) is 12.8 Å². The minimum atomic E-state index is -0.574. The van der Waals surface area contributed by atoms with Crippen molar-refractivity contribution in [3.05, 3.63) is 69.2 Å². The van der Waals surface area contributed by atoms with Gasteiger partial charge in [0.15, 0.2) is 0 Å². The van der Waals surface area contributed by atoms with Crippen LogP contribution in [0.5, 0.6) is 0 Å². The van der Waals surface area contributed by atoms with E-state index in [4.69, 9.17) is 23.2 Å². The Bertz CT molecular complexity index is 885. The van der Waals surface area contributed by atoms with Crippen LogP contribution in [0.4, 0.5) is 0 Å². The average Bonchev–Trinajstić information content (AvgIpc) is 2.72. The molecule has 0 bridgehead atoms. The third-order valence-corrected chi connectivity index (χ3v) is 6.64. The minimum Gasteiger partial charge on any atom is -0.354 e. The number of benzene rings is 2. The van der Waals surface area contributed by atoms with Crippen molar-refractivity contribution in [1.29, 1.82) is 0 Å². The third-order valence-electron chi connectivity index (χ3n) is 4.99. The Morgan fingerprint density at radius 3 is 2.29 bits per heavy atom. The zero-order valence-electron chi connectivity index (χ0n) is 18.5. The van der Waals surface area contributed by atoms with Gasteiger partial charge in [-0.15, -0.1) is 11.8 Å². The molecule has 0 aromatic heterocycles. The number of carbonyl (C=O) groups is 2. The van der Waals surface area contributed by atoms with Crippen molar-refractivity contribution in [2.75, 3.05) is 12.3 Å². The summed E-state index contributed by atoms with van der Waals surface area (Å²) in [4.78, 5) is 27.5. The van der Waals surface area contributed by atoms with Gasteiger partial charge in [0.25, 0.3) is 0 Å². The van der Waals surface area contributed by atoms with E-state index in [2.05, 4.69) is 5.32 Å². The molecule has 0 aliphatic heterocycles. The van der Waals surface area contributed by atoms with E-state index in [1.807, 2.05) is 45.0 Å². The van der Waals surface area contributed by atoms with E-state index in [-0.39, 0.29) is 17.6 Å². The second-order valence-corrected chi connectivity index (χ2v) is 9.76. The molecule has 2 aromatic rings. The molecule has 1 unspecified atom stereocenters. The summed E-state index contributed by atoms with van der Waals surface area (Å²) in [5.74, 6) is 0.858. The number of amides is 2. The standard InChI is InChI=1S/C24H30Cl2N2O2S/c1-16(2)12-27-24(30)18(4)28(13-19-9-6-5-8-17(19)3)23(29)15-31-14-20-21(25)10-7-11-22(20)26/h5-11,16,18H,12-15H2,1-4H3,(H,27,30). The number of carbonyl (C=O) groups excluding carboxylic acids is 2. The van der Waals surface area contributed by atoms with Crippen LogP contribution < -0.4 is 5.32 Å². The number of rotatable bonds is 10. The highest BCUT2D eigenvalue weighted by Crippen LogP contribution is 2.28. The van der Waals surface area contributed by atoms with Crippen molar-refractivity contribution in [2.24, 2.45) is 5.92 Å².